The second-order valence-corrected chi connectivity index (χ2v) is 14.4. The molecule has 0 aliphatic carbocycles. The summed E-state index contributed by atoms with van der Waals surface area (Å²) in [5.41, 5.74) is 2.23. The van der Waals surface area contributed by atoms with Gasteiger partial charge in [0, 0.05) is 55.7 Å². The maximum atomic E-state index is 14.3. The highest BCUT2D eigenvalue weighted by atomic mass is 35.5. The van der Waals surface area contributed by atoms with E-state index in [0.717, 1.165) is 43.6 Å². The number of carbonyl (C=O) groups excluding carboxylic acids is 2. The molecule has 0 spiro atoms. The van der Waals surface area contributed by atoms with Crippen molar-refractivity contribution in [2.75, 3.05) is 39.3 Å². The molecule has 0 saturated carbocycles. The summed E-state index contributed by atoms with van der Waals surface area (Å²) in [7, 11) is 0. The number of carbonyl (C=O) groups is 2. The van der Waals surface area contributed by atoms with Crippen LogP contribution in [0.4, 0.5) is 0 Å². The van der Waals surface area contributed by atoms with Gasteiger partial charge in [0.1, 0.15) is 11.6 Å². The summed E-state index contributed by atoms with van der Waals surface area (Å²) in [6.07, 6.45) is 4.63. The first-order valence-electron chi connectivity index (χ1n) is 16.7. The maximum Gasteiger partial charge on any atom is 0.245 e. The van der Waals surface area contributed by atoms with Crippen LogP contribution in [0.3, 0.4) is 0 Å². The van der Waals surface area contributed by atoms with Gasteiger partial charge in [-0.25, -0.2) is 0 Å². The highest BCUT2D eigenvalue weighted by Gasteiger charge is 2.42. The van der Waals surface area contributed by atoms with E-state index in [2.05, 4.69) is 54.2 Å². The van der Waals surface area contributed by atoms with Gasteiger partial charge in [-0.15, -0.1) is 0 Å². The highest BCUT2D eigenvalue weighted by molar-refractivity contribution is 6.30. The molecule has 0 radical (unpaired) electrons. The molecule has 3 atom stereocenters. The third-order valence-electron chi connectivity index (χ3n) is 10.1. The van der Waals surface area contributed by atoms with Crippen molar-refractivity contribution < 1.29 is 9.59 Å². The molecular weight excluding hydrogens is 570 g/mol. The molecule has 7 nitrogen and oxygen atoms in total. The van der Waals surface area contributed by atoms with Crippen LogP contribution >= 0.6 is 11.6 Å². The second-order valence-electron chi connectivity index (χ2n) is 14.0. The number of hydrogen-bond donors (Lipinski definition) is 2. The van der Waals surface area contributed by atoms with Gasteiger partial charge >= 0.3 is 0 Å². The summed E-state index contributed by atoms with van der Waals surface area (Å²) in [6.45, 7) is 16.6. The molecule has 5 rings (SSSR count). The number of amides is 2. The van der Waals surface area contributed by atoms with Crippen LogP contribution in [0, 0.1) is 5.92 Å². The Balaban J connectivity index is 1.33. The van der Waals surface area contributed by atoms with Crippen molar-refractivity contribution in [3.63, 3.8) is 0 Å². The van der Waals surface area contributed by atoms with Crippen LogP contribution in [0.25, 0.3) is 0 Å². The lowest BCUT2D eigenvalue weighted by Crippen LogP contribution is -2.60. The number of nitrogens with zero attached hydrogens (tertiary/aromatic N) is 3. The molecule has 44 heavy (non-hydrogen) atoms. The number of hydrogen-bond acceptors (Lipinski definition) is 5. The number of likely N-dealkylation sites (tertiary alicyclic amines) is 2. The summed E-state index contributed by atoms with van der Waals surface area (Å²) in [6, 6.07) is 16.5. The van der Waals surface area contributed by atoms with Crippen LogP contribution in [0.5, 0.6) is 0 Å². The van der Waals surface area contributed by atoms with Gasteiger partial charge < -0.3 is 15.1 Å². The summed E-state index contributed by atoms with van der Waals surface area (Å²) in [4.78, 5) is 35.7. The van der Waals surface area contributed by atoms with E-state index in [1.54, 1.807) is 0 Å². The minimum atomic E-state index is -0.903. The van der Waals surface area contributed by atoms with E-state index in [1.807, 2.05) is 54.3 Å². The van der Waals surface area contributed by atoms with E-state index in [-0.39, 0.29) is 11.8 Å². The highest BCUT2D eigenvalue weighted by Crippen LogP contribution is 2.30. The van der Waals surface area contributed by atoms with Crippen LogP contribution in [-0.2, 0) is 28.0 Å². The van der Waals surface area contributed by atoms with Crippen molar-refractivity contribution in [3.8, 4) is 0 Å². The Hall–Kier alpha value is -2.45. The Bertz CT molecular complexity index is 1280. The normalized spacial score (nSPS) is 23.8. The molecule has 3 heterocycles. The Morgan fingerprint density at radius 2 is 1.68 bits per heavy atom. The van der Waals surface area contributed by atoms with Crippen molar-refractivity contribution in [1.29, 1.82) is 0 Å². The Kier molecular flexibility index (Phi) is 10.7. The summed E-state index contributed by atoms with van der Waals surface area (Å²) in [5.74, 6) is 0.403. The number of benzene rings is 2. The minimum absolute atomic E-state index is 0.00242. The van der Waals surface area contributed by atoms with Crippen molar-refractivity contribution in [2.24, 2.45) is 5.92 Å². The van der Waals surface area contributed by atoms with Gasteiger partial charge in [0.25, 0.3) is 0 Å². The summed E-state index contributed by atoms with van der Waals surface area (Å²) < 4.78 is 0. The molecule has 8 heteroatoms. The van der Waals surface area contributed by atoms with Crippen molar-refractivity contribution in [1.82, 2.24) is 25.3 Å². The molecule has 0 aromatic heterocycles. The second kappa shape index (κ2) is 14.3. The van der Waals surface area contributed by atoms with Gasteiger partial charge in [-0.2, -0.15) is 0 Å². The first-order chi connectivity index (χ1) is 21.0. The molecule has 3 unspecified atom stereocenters. The third kappa shape index (κ3) is 7.50. The van der Waals surface area contributed by atoms with E-state index >= 15 is 0 Å². The van der Waals surface area contributed by atoms with E-state index < -0.39 is 11.6 Å². The molecule has 2 fully saturated rings. The van der Waals surface area contributed by atoms with Gasteiger partial charge in [-0.1, -0.05) is 61.8 Å². The van der Waals surface area contributed by atoms with Crippen LogP contribution in [0.1, 0.15) is 70.6 Å². The molecule has 2 saturated heterocycles. The van der Waals surface area contributed by atoms with Gasteiger partial charge in [-0.05, 0) is 94.3 Å². The third-order valence-corrected chi connectivity index (χ3v) is 10.3. The van der Waals surface area contributed by atoms with E-state index in [1.165, 1.54) is 18.4 Å². The number of piperidine rings is 1. The topological polar surface area (TPSA) is 67.9 Å². The van der Waals surface area contributed by atoms with E-state index in [4.69, 9.17) is 11.6 Å². The van der Waals surface area contributed by atoms with Crippen molar-refractivity contribution >= 4 is 23.4 Å². The molecule has 3 aliphatic heterocycles. The monoisotopic (exact) mass is 621 g/mol. The predicted molar refractivity (Wildman–Crippen MR) is 179 cm³/mol. The Morgan fingerprint density at radius 3 is 2.36 bits per heavy atom. The van der Waals surface area contributed by atoms with Crippen molar-refractivity contribution in [2.45, 2.75) is 96.4 Å². The fraction of sp³-hybridized carbons (Fsp3) is 0.611. The van der Waals surface area contributed by atoms with Crippen LogP contribution in [-0.4, -0.2) is 89.9 Å². The zero-order chi connectivity index (χ0) is 31.4. The lowest BCUT2D eigenvalue weighted by Gasteiger charge is -2.43. The zero-order valence-electron chi connectivity index (χ0n) is 27.3. The number of fused-ring (bicyclic) bond motifs is 1. The summed E-state index contributed by atoms with van der Waals surface area (Å²) in [5, 5.41) is 7.33. The maximum absolute atomic E-state index is 14.3. The van der Waals surface area contributed by atoms with Crippen LogP contribution in [0.15, 0.2) is 48.5 Å². The zero-order valence-corrected chi connectivity index (χ0v) is 28.1. The van der Waals surface area contributed by atoms with Crippen LogP contribution < -0.4 is 10.6 Å². The number of nitrogens with one attached hydrogen (secondary N) is 2. The lowest BCUT2D eigenvalue weighted by atomic mass is 9.83. The quantitative estimate of drug-likeness (QED) is 0.397. The molecular formula is C36H52ClN5O2. The van der Waals surface area contributed by atoms with Gasteiger partial charge in [0.2, 0.25) is 11.8 Å². The van der Waals surface area contributed by atoms with E-state index in [0.29, 0.717) is 55.1 Å². The SMILES string of the molecule is CC(C)CN(C1CCN(C(C)C)CC1)C1CCN(C(=O)C(Cc2ccc(Cl)cc2)NC(=O)C2(C)NCCc3ccccc32)C1. The fourth-order valence-electron chi connectivity index (χ4n) is 7.51. The van der Waals surface area contributed by atoms with Gasteiger partial charge in [0.05, 0.1) is 0 Å². The molecule has 3 aliphatic rings. The number of rotatable bonds is 10. The average molecular weight is 622 g/mol. The first kappa shape index (κ1) is 32.9. The van der Waals surface area contributed by atoms with Gasteiger partial charge in [0.15, 0.2) is 0 Å². The summed E-state index contributed by atoms with van der Waals surface area (Å²) >= 11 is 6.17. The van der Waals surface area contributed by atoms with Crippen LogP contribution in [0.2, 0.25) is 5.02 Å². The fourth-order valence-corrected chi connectivity index (χ4v) is 7.64. The van der Waals surface area contributed by atoms with Gasteiger partial charge in [-0.3, -0.25) is 19.8 Å². The van der Waals surface area contributed by atoms with E-state index in [9.17, 15) is 9.59 Å². The Labute approximate surface area is 269 Å². The average Bonchev–Trinajstić information content (AvgIpc) is 3.50. The Morgan fingerprint density at radius 1 is 1.00 bits per heavy atom. The molecule has 0 bridgehead atoms. The predicted octanol–water partition coefficient (Wildman–Crippen LogP) is 4.86. The molecule has 2 aromatic carbocycles. The molecule has 2 amide bonds. The largest absolute Gasteiger partial charge is 0.342 e. The smallest absolute Gasteiger partial charge is 0.245 e. The van der Waals surface area contributed by atoms with Crippen molar-refractivity contribution in [3.05, 3.63) is 70.2 Å². The molecule has 240 valence electrons. The molecule has 2 N–H and O–H groups in total. The standard InChI is InChI=1S/C36H52ClN5O2/c1-25(2)23-42(30-15-19-40(20-16-30)26(3)4)31-17-21-41(24-31)34(43)33(22-27-10-12-29(37)13-11-27)39-35(44)36(5)32-9-7-6-8-28(32)14-18-38-36/h6-13,25-26,30-31,33,38H,14-24H2,1-5H3,(H,39,44). The number of halogens is 1. The molecule has 2 aromatic rings. The first-order valence-corrected chi connectivity index (χ1v) is 17.1. The minimum Gasteiger partial charge on any atom is -0.342 e. The lowest BCUT2D eigenvalue weighted by molar-refractivity contribution is -0.137.